The molecule has 4 aromatic rings. The molecule has 1 aliphatic carbocycles. The van der Waals surface area contributed by atoms with E-state index in [4.69, 9.17) is 25.8 Å². The van der Waals surface area contributed by atoms with Crippen LogP contribution in [0.4, 0.5) is 5.82 Å². The average Bonchev–Trinajstić information content (AvgIpc) is 3.29. The number of imidazole rings is 1. The maximum atomic E-state index is 6.65. The molecule has 9 heteroatoms. The Kier molecular flexibility index (Phi) is 4.01. The van der Waals surface area contributed by atoms with Crippen molar-refractivity contribution in [2.24, 2.45) is 0 Å². The molecular weight excluding hydrogens is 404 g/mol. The van der Waals surface area contributed by atoms with Gasteiger partial charge < -0.3 is 14.2 Å². The maximum absolute atomic E-state index is 6.65. The van der Waals surface area contributed by atoms with Gasteiger partial charge in [-0.2, -0.15) is 4.98 Å². The Morgan fingerprint density at radius 3 is 2.67 bits per heavy atom. The summed E-state index contributed by atoms with van der Waals surface area (Å²) in [5.41, 5.74) is 2.21. The smallest absolute Gasteiger partial charge is 0.280 e. The number of morpholine rings is 1. The van der Waals surface area contributed by atoms with E-state index in [0.29, 0.717) is 28.2 Å². The zero-order valence-electron chi connectivity index (χ0n) is 16.7. The minimum atomic E-state index is 0.103. The largest absolute Gasteiger partial charge is 0.372 e. The monoisotopic (exact) mass is 424 g/mol. The van der Waals surface area contributed by atoms with Crippen LogP contribution in [0, 0.1) is 0 Å². The molecule has 0 spiro atoms. The second-order valence-electron chi connectivity index (χ2n) is 8.25. The summed E-state index contributed by atoms with van der Waals surface area (Å²) < 4.78 is 13.4. The molecule has 1 saturated carbocycles. The zero-order valence-corrected chi connectivity index (χ0v) is 17.5. The SMILES string of the molecule is CC1CN(c2nc3c(-c4nc(C5CC5)no4)ncn3c3cccc(Cl)c23)CC(C)O1. The molecule has 0 bridgehead atoms. The molecular formula is C21H21ClN6O2. The Balaban J connectivity index is 1.57. The van der Waals surface area contributed by atoms with Gasteiger partial charge >= 0.3 is 0 Å². The summed E-state index contributed by atoms with van der Waals surface area (Å²) in [7, 11) is 0. The summed E-state index contributed by atoms with van der Waals surface area (Å²) in [6.07, 6.45) is 4.17. The van der Waals surface area contributed by atoms with Crippen LogP contribution in [-0.4, -0.2) is 49.8 Å². The normalized spacial score (nSPS) is 22.3. The third-order valence-corrected chi connectivity index (χ3v) is 6.05. The highest BCUT2D eigenvalue weighted by Crippen LogP contribution is 2.40. The van der Waals surface area contributed by atoms with Crippen molar-refractivity contribution in [1.29, 1.82) is 0 Å². The Bertz CT molecular complexity index is 1250. The standard InChI is InChI=1S/C21H21ClN6O2/c1-11-8-27(9-12(2)29-11)19-16-14(22)4-3-5-15(16)28-10-23-17(20(28)25-19)21-24-18(26-30-21)13-6-7-13/h3-5,10-13H,6-9H2,1-2H3. The number of rotatable bonds is 3. The van der Waals surface area contributed by atoms with Crippen molar-refractivity contribution >= 4 is 34.0 Å². The minimum Gasteiger partial charge on any atom is -0.372 e. The predicted octanol–water partition coefficient (Wildman–Crippen LogP) is 4.08. The van der Waals surface area contributed by atoms with Crippen molar-refractivity contribution in [3.63, 3.8) is 0 Å². The van der Waals surface area contributed by atoms with Gasteiger partial charge in [0.2, 0.25) is 0 Å². The highest BCUT2D eigenvalue weighted by molar-refractivity contribution is 6.36. The molecule has 4 heterocycles. The van der Waals surface area contributed by atoms with Gasteiger partial charge in [0.25, 0.3) is 5.89 Å². The fourth-order valence-electron chi connectivity index (χ4n) is 4.29. The van der Waals surface area contributed by atoms with Gasteiger partial charge in [0.1, 0.15) is 12.1 Å². The number of halogens is 1. The summed E-state index contributed by atoms with van der Waals surface area (Å²) in [5, 5.41) is 5.70. The minimum absolute atomic E-state index is 0.103. The first kappa shape index (κ1) is 18.1. The summed E-state index contributed by atoms with van der Waals surface area (Å²) >= 11 is 6.65. The van der Waals surface area contributed by atoms with Gasteiger partial charge in [-0.25, -0.2) is 9.97 Å². The van der Waals surface area contributed by atoms with Crippen LogP contribution in [0.2, 0.25) is 5.02 Å². The van der Waals surface area contributed by atoms with Crippen molar-refractivity contribution in [2.75, 3.05) is 18.0 Å². The zero-order chi connectivity index (χ0) is 20.4. The summed E-state index contributed by atoms with van der Waals surface area (Å²) in [5.74, 6) is 2.40. The number of hydrogen-bond donors (Lipinski definition) is 0. The molecule has 2 unspecified atom stereocenters. The Morgan fingerprint density at radius 2 is 1.90 bits per heavy atom. The third-order valence-electron chi connectivity index (χ3n) is 5.73. The molecule has 0 amide bonds. The second kappa shape index (κ2) is 6.65. The lowest BCUT2D eigenvalue weighted by Gasteiger charge is -2.36. The molecule has 0 N–H and O–H groups in total. The van der Waals surface area contributed by atoms with Crippen molar-refractivity contribution in [3.8, 4) is 11.6 Å². The lowest BCUT2D eigenvalue weighted by atomic mass is 10.1. The van der Waals surface area contributed by atoms with Gasteiger partial charge in [0, 0.05) is 19.0 Å². The summed E-state index contributed by atoms with van der Waals surface area (Å²) in [6, 6.07) is 5.86. The average molecular weight is 425 g/mol. The van der Waals surface area contributed by atoms with Gasteiger partial charge in [-0.15, -0.1) is 0 Å². The molecule has 2 aliphatic rings. The van der Waals surface area contributed by atoms with Crippen molar-refractivity contribution < 1.29 is 9.26 Å². The van der Waals surface area contributed by atoms with E-state index in [9.17, 15) is 0 Å². The van der Waals surface area contributed by atoms with Gasteiger partial charge in [-0.1, -0.05) is 22.8 Å². The number of anilines is 1. The van der Waals surface area contributed by atoms with E-state index in [2.05, 4.69) is 33.9 Å². The first-order valence-corrected chi connectivity index (χ1v) is 10.7. The van der Waals surface area contributed by atoms with E-state index in [1.54, 1.807) is 6.33 Å². The van der Waals surface area contributed by atoms with Crippen LogP contribution in [0.25, 0.3) is 28.1 Å². The highest BCUT2D eigenvalue weighted by Gasteiger charge is 2.31. The van der Waals surface area contributed by atoms with Gasteiger partial charge in [-0.05, 0) is 38.8 Å². The van der Waals surface area contributed by atoms with E-state index in [1.165, 1.54) is 0 Å². The van der Waals surface area contributed by atoms with E-state index in [-0.39, 0.29) is 12.2 Å². The molecule has 3 aromatic heterocycles. The quantitative estimate of drug-likeness (QED) is 0.490. The number of hydrogen-bond acceptors (Lipinski definition) is 7. The molecule has 0 radical (unpaired) electrons. The second-order valence-corrected chi connectivity index (χ2v) is 8.66. The summed E-state index contributed by atoms with van der Waals surface area (Å²) in [6.45, 7) is 5.63. The predicted molar refractivity (Wildman–Crippen MR) is 113 cm³/mol. The van der Waals surface area contributed by atoms with Crippen molar-refractivity contribution in [1.82, 2.24) is 24.5 Å². The Morgan fingerprint density at radius 1 is 1.10 bits per heavy atom. The Labute approximate surface area is 177 Å². The van der Waals surface area contributed by atoms with Crippen LogP contribution in [0.3, 0.4) is 0 Å². The maximum Gasteiger partial charge on any atom is 0.280 e. The number of ether oxygens (including phenoxy) is 1. The number of benzene rings is 1. The molecule has 154 valence electrons. The molecule has 1 aromatic carbocycles. The number of aromatic nitrogens is 5. The van der Waals surface area contributed by atoms with Crippen LogP contribution in [0.5, 0.6) is 0 Å². The topological polar surface area (TPSA) is 81.6 Å². The summed E-state index contributed by atoms with van der Waals surface area (Å²) in [4.78, 5) is 16.4. The molecule has 2 atom stereocenters. The van der Waals surface area contributed by atoms with Crippen molar-refractivity contribution in [3.05, 3.63) is 35.4 Å². The van der Waals surface area contributed by atoms with Gasteiger partial charge in [-0.3, -0.25) is 4.40 Å². The lowest BCUT2D eigenvalue weighted by Crippen LogP contribution is -2.46. The van der Waals surface area contributed by atoms with E-state index >= 15 is 0 Å². The fraction of sp³-hybridized carbons (Fsp3) is 0.429. The van der Waals surface area contributed by atoms with Crippen molar-refractivity contribution in [2.45, 2.75) is 44.8 Å². The molecule has 6 rings (SSSR count). The van der Waals surface area contributed by atoms with Crippen LogP contribution < -0.4 is 4.90 Å². The molecule has 1 aliphatic heterocycles. The lowest BCUT2D eigenvalue weighted by molar-refractivity contribution is -0.00535. The van der Waals surface area contributed by atoms with E-state index in [0.717, 1.165) is 48.5 Å². The van der Waals surface area contributed by atoms with Crippen LogP contribution in [-0.2, 0) is 4.74 Å². The van der Waals surface area contributed by atoms with E-state index in [1.807, 2.05) is 22.6 Å². The Hall–Kier alpha value is -2.71. The highest BCUT2D eigenvalue weighted by atomic mass is 35.5. The molecule has 1 saturated heterocycles. The molecule has 30 heavy (non-hydrogen) atoms. The van der Waals surface area contributed by atoms with Crippen LogP contribution >= 0.6 is 11.6 Å². The molecule has 8 nitrogen and oxygen atoms in total. The van der Waals surface area contributed by atoms with E-state index < -0.39 is 0 Å². The first-order valence-electron chi connectivity index (χ1n) is 10.3. The van der Waals surface area contributed by atoms with Gasteiger partial charge in [0.15, 0.2) is 17.2 Å². The number of nitrogens with zero attached hydrogens (tertiary/aromatic N) is 6. The van der Waals surface area contributed by atoms with Crippen LogP contribution in [0.15, 0.2) is 29.0 Å². The fourth-order valence-corrected chi connectivity index (χ4v) is 4.54. The number of fused-ring (bicyclic) bond motifs is 3. The first-order chi connectivity index (χ1) is 14.6. The van der Waals surface area contributed by atoms with Gasteiger partial charge in [0.05, 0.1) is 28.1 Å². The molecule has 2 fully saturated rings. The van der Waals surface area contributed by atoms with Crippen LogP contribution in [0.1, 0.15) is 38.4 Å². The third kappa shape index (κ3) is 2.86.